The third kappa shape index (κ3) is 3.06. The van der Waals surface area contributed by atoms with Crippen molar-refractivity contribution >= 4 is 16.7 Å². The number of hydrogen-bond acceptors (Lipinski definition) is 6. The maximum absolute atomic E-state index is 14.1. The Morgan fingerprint density at radius 1 is 1.00 bits per heavy atom. The van der Waals surface area contributed by atoms with Gasteiger partial charge in [0.2, 0.25) is 0 Å². The van der Waals surface area contributed by atoms with E-state index < -0.39 is 5.82 Å². The van der Waals surface area contributed by atoms with Crippen LogP contribution in [-0.2, 0) is 0 Å². The first kappa shape index (κ1) is 18.3. The van der Waals surface area contributed by atoms with Crippen molar-refractivity contribution < 1.29 is 18.6 Å². The molecular formula is C21H22FN3O3. The monoisotopic (exact) mass is 383 g/mol. The van der Waals surface area contributed by atoms with E-state index in [0.29, 0.717) is 5.52 Å². The van der Waals surface area contributed by atoms with Crippen LogP contribution in [0.15, 0.2) is 36.7 Å². The zero-order chi connectivity index (χ0) is 19.7. The van der Waals surface area contributed by atoms with Gasteiger partial charge in [-0.05, 0) is 31.0 Å². The van der Waals surface area contributed by atoms with Gasteiger partial charge in [0.25, 0.3) is 0 Å². The van der Waals surface area contributed by atoms with Gasteiger partial charge in [-0.25, -0.2) is 14.4 Å². The van der Waals surface area contributed by atoms with Crippen molar-refractivity contribution in [1.82, 2.24) is 9.97 Å². The first-order chi connectivity index (χ1) is 13.7. The summed E-state index contributed by atoms with van der Waals surface area (Å²) >= 11 is 0. The minimum absolute atomic E-state index is 0.0926. The first-order valence-corrected chi connectivity index (χ1v) is 9.13. The molecule has 2 aromatic carbocycles. The molecule has 0 bridgehead atoms. The highest BCUT2D eigenvalue weighted by Gasteiger charge is 2.31. The molecule has 1 aromatic heterocycles. The highest BCUT2D eigenvalue weighted by molar-refractivity contribution is 5.91. The fraction of sp³-hybridized carbons (Fsp3) is 0.333. The van der Waals surface area contributed by atoms with Crippen molar-refractivity contribution in [3.05, 3.63) is 48.0 Å². The van der Waals surface area contributed by atoms with E-state index >= 15 is 0 Å². The Labute approximate surface area is 162 Å². The smallest absolute Gasteiger partial charge is 0.167 e. The summed E-state index contributed by atoms with van der Waals surface area (Å²) in [7, 11) is 4.75. The number of anilines is 1. The fourth-order valence-electron chi connectivity index (χ4n) is 3.87. The lowest BCUT2D eigenvalue weighted by molar-refractivity contribution is 0.387. The molecule has 1 saturated heterocycles. The third-order valence-corrected chi connectivity index (χ3v) is 5.21. The molecule has 3 aromatic rings. The summed E-state index contributed by atoms with van der Waals surface area (Å²) in [5.41, 5.74) is 1.62. The van der Waals surface area contributed by atoms with Crippen LogP contribution in [-0.4, -0.2) is 37.8 Å². The number of methoxy groups -OCH3 is 3. The number of aromatic nitrogens is 2. The van der Waals surface area contributed by atoms with Gasteiger partial charge in [0.05, 0.1) is 32.9 Å². The Balaban J connectivity index is 1.81. The molecule has 0 aliphatic carbocycles. The van der Waals surface area contributed by atoms with E-state index in [1.165, 1.54) is 19.5 Å². The minimum atomic E-state index is -0.436. The van der Waals surface area contributed by atoms with Gasteiger partial charge in [0.15, 0.2) is 11.6 Å². The summed E-state index contributed by atoms with van der Waals surface area (Å²) < 4.78 is 30.2. The van der Waals surface area contributed by atoms with Crippen LogP contribution in [0.25, 0.3) is 10.9 Å². The lowest BCUT2D eigenvalue weighted by Gasteiger charge is -2.28. The van der Waals surface area contributed by atoms with Crippen LogP contribution >= 0.6 is 0 Å². The van der Waals surface area contributed by atoms with Gasteiger partial charge in [-0.1, -0.05) is 0 Å². The number of benzene rings is 2. The van der Waals surface area contributed by atoms with Crippen molar-refractivity contribution in [3.63, 3.8) is 0 Å². The van der Waals surface area contributed by atoms with E-state index in [4.69, 9.17) is 14.2 Å². The van der Waals surface area contributed by atoms with Gasteiger partial charge >= 0.3 is 0 Å². The Morgan fingerprint density at radius 2 is 1.82 bits per heavy atom. The molecule has 1 atom stereocenters. The van der Waals surface area contributed by atoms with Crippen LogP contribution in [0.5, 0.6) is 17.2 Å². The first-order valence-electron chi connectivity index (χ1n) is 9.13. The molecule has 6 nitrogen and oxygen atoms in total. The van der Waals surface area contributed by atoms with Crippen molar-refractivity contribution in [1.29, 1.82) is 0 Å². The molecule has 7 heteroatoms. The molecule has 0 radical (unpaired) electrons. The standard InChI is InChI=1S/C21H22FN3O3/c1-26-13-6-7-14(19(9-13)27-2)18-5-4-8-25(18)21-15-10-20(28-3)16(22)11-17(15)23-12-24-21/h6-7,9-12,18H,4-5,8H2,1-3H3. The second-order valence-electron chi connectivity index (χ2n) is 6.66. The molecular weight excluding hydrogens is 361 g/mol. The summed E-state index contributed by atoms with van der Waals surface area (Å²) in [6, 6.07) is 9.01. The van der Waals surface area contributed by atoms with Gasteiger partial charge in [-0.15, -0.1) is 0 Å². The normalized spacial score (nSPS) is 16.4. The average molecular weight is 383 g/mol. The van der Waals surface area contributed by atoms with Crippen LogP contribution in [0.3, 0.4) is 0 Å². The van der Waals surface area contributed by atoms with Crippen molar-refractivity contribution in [2.75, 3.05) is 32.8 Å². The van der Waals surface area contributed by atoms with E-state index in [2.05, 4.69) is 14.9 Å². The largest absolute Gasteiger partial charge is 0.497 e. The van der Waals surface area contributed by atoms with E-state index in [1.54, 1.807) is 20.3 Å². The molecule has 1 aliphatic heterocycles. The third-order valence-electron chi connectivity index (χ3n) is 5.21. The van der Waals surface area contributed by atoms with Gasteiger partial charge in [-0.3, -0.25) is 0 Å². The predicted molar refractivity (Wildman–Crippen MR) is 105 cm³/mol. The Bertz CT molecular complexity index is 1010. The molecule has 0 amide bonds. The van der Waals surface area contributed by atoms with Crippen molar-refractivity contribution in [2.45, 2.75) is 18.9 Å². The SMILES string of the molecule is COc1ccc(C2CCCN2c2ncnc3cc(F)c(OC)cc23)c(OC)c1. The maximum Gasteiger partial charge on any atom is 0.167 e. The molecule has 0 spiro atoms. The number of ether oxygens (including phenoxy) is 3. The van der Waals surface area contributed by atoms with Gasteiger partial charge in [0.1, 0.15) is 23.6 Å². The Kier molecular flexibility index (Phi) is 4.90. The summed E-state index contributed by atoms with van der Waals surface area (Å²) in [5, 5.41) is 0.764. The molecule has 1 fully saturated rings. The van der Waals surface area contributed by atoms with Crippen molar-refractivity contribution in [3.8, 4) is 17.2 Å². The highest BCUT2D eigenvalue weighted by atomic mass is 19.1. The van der Waals surface area contributed by atoms with E-state index in [1.807, 2.05) is 18.2 Å². The molecule has 0 N–H and O–H groups in total. The summed E-state index contributed by atoms with van der Waals surface area (Å²) in [6.45, 7) is 0.839. The van der Waals surface area contributed by atoms with Gasteiger partial charge in [-0.2, -0.15) is 0 Å². The summed E-state index contributed by atoms with van der Waals surface area (Å²) in [4.78, 5) is 11.0. The fourth-order valence-corrected chi connectivity index (χ4v) is 3.87. The molecule has 1 unspecified atom stereocenters. The number of nitrogens with zero attached hydrogens (tertiary/aromatic N) is 3. The summed E-state index contributed by atoms with van der Waals surface area (Å²) in [5.74, 6) is 2.04. The molecule has 4 rings (SSSR count). The molecule has 146 valence electrons. The van der Waals surface area contributed by atoms with E-state index in [-0.39, 0.29) is 11.8 Å². The number of rotatable bonds is 5. The van der Waals surface area contributed by atoms with Crippen LogP contribution in [0.1, 0.15) is 24.4 Å². The second kappa shape index (κ2) is 7.50. The molecule has 1 aliphatic rings. The van der Waals surface area contributed by atoms with Crippen LogP contribution in [0.4, 0.5) is 10.2 Å². The Morgan fingerprint density at radius 3 is 2.57 bits per heavy atom. The Hall–Kier alpha value is -3.09. The number of hydrogen-bond donors (Lipinski definition) is 0. The van der Waals surface area contributed by atoms with Gasteiger partial charge < -0.3 is 19.1 Å². The average Bonchev–Trinajstić information content (AvgIpc) is 3.21. The van der Waals surface area contributed by atoms with Crippen LogP contribution in [0, 0.1) is 5.82 Å². The lowest BCUT2D eigenvalue weighted by atomic mass is 10.0. The highest BCUT2D eigenvalue weighted by Crippen LogP contribution is 2.42. The maximum atomic E-state index is 14.1. The number of fused-ring (bicyclic) bond motifs is 1. The second-order valence-corrected chi connectivity index (χ2v) is 6.66. The van der Waals surface area contributed by atoms with Crippen LogP contribution in [0.2, 0.25) is 0 Å². The molecule has 2 heterocycles. The van der Waals surface area contributed by atoms with E-state index in [0.717, 1.165) is 47.7 Å². The van der Waals surface area contributed by atoms with Gasteiger partial charge in [0, 0.05) is 29.6 Å². The minimum Gasteiger partial charge on any atom is -0.497 e. The topological polar surface area (TPSA) is 56.7 Å². The quantitative estimate of drug-likeness (QED) is 0.660. The lowest BCUT2D eigenvalue weighted by Crippen LogP contribution is -2.24. The zero-order valence-electron chi connectivity index (χ0n) is 16.1. The number of halogens is 1. The zero-order valence-corrected chi connectivity index (χ0v) is 16.1. The predicted octanol–water partition coefficient (Wildman–Crippen LogP) is 4.14. The van der Waals surface area contributed by atoms with Crippen LogP contribution < -0.4 is 19.1 Å². The summed E-state index contributed by atoms with van der Waals surface area (Å²) in [6.07, 6.45) is 3.46. The van der Waals surface area contributed by atoms with Crippen molar-refractivity contribution in [2.24, 2.45) is 0 Å². The van der Waals surface area contributed by atoms with E-state index in [9.17, 15) is 4.39 Å². The molecule has 28 heavy (non-hydrogen) atoms. The molecule has 0 saturated carbocycles.